The number of para-hydroxylation sites is 1. The molecule has 1 atom stereocenters. The van der Waals surface area contributed by atoms with E-state index in [9.17, 15) is 19.1 Å². The highest BCUT2D eigenvalue weighted by Crippen LogP contribution is 2.22. The Morgan fingerprint density at radius 1 is 1.21 bits per heavy atom. The summed E-state index contributed by atoms with van der Waals surface area (Å²) in [6.45, 7) is 1.81. The number of rotatable bonds is 5. The van der Waals surface area contributed by atoms with E-state index >= 15 is 0 Å². The lowest BCUT2D eigenvalue weighted by molar-refractivity contribution is -0.139. The van der Waals surface area contributed by atoms with Gasteiger partial charge in [0.05, 0.1) is 11.1 Å². The SMILES string of the molecule is Cc1c(C(=O)NC(Cc2c[nH]c3cc(F)ccc23)C(=O)O)cnc2ccccc12. The highest BCUT2D eigenvalue weighted by atomic mass is 19.1. The molecular formula is C22H18FN3O3. The number of pyridine rings is 1. The Kier molecular flexibility index (Phi) is 4.72. The number of benzene rings is 2. The molecule has 2 heterocycles. The van der Waals surface area contributed by atoms with Gasteiger partial charge in [0.25, 0.3) is 5.91 Å². The van der Waals surface area contributed by atoms with Crippen LogP contribution in [0.2, 0.25) is 0 Å². The number of fused-ring (bicyclic) bond motifs is 2. The first-order valence-electron chi connectivity index (χ1n) is 9.07. The quantitative estimate of drug-likeness (QED) is 0.485. The number of aromatic amines is 1. The molecule has 7 heteroatoms. The molecule has 29 heavy (non-hydrogen) atoms. The number of nitrogens with one attached hydrogen (secondary N) is 2. The number of hydrogen-bond donors (Lipinski definition) is 3. The summed E-state index contributed by atoms with van der Waals surface area (Å²) in [5.41, 5.74) is 3.09. The maximum Gasteiger partial charge on any atom is 0.326 e. The molecule has 2 aromatic heterocycles. The standard InChI is InChI=1S/C22H18FN3O3/c1-12-15-4-2-3-5-18(15)25-11-17(12)21(27)26-20(22(28)29)8-13-10-24-19-9-14(23)6-7-16(13)19/h2-7,9-11,20,24H,8H2,1H3,(H,26,27)(H,28,29). The monoisotopic (exact) mass is 391 g/mol. The van der Waals surface area contributed by atoms with Crippen LogP contribution in [0.15, 0.2) is 54.9 Å². The van der Waals surface area contributed by atoms with Crippen LogP contribution in [0.1, 0.15) is 21.5 Å². The van der Waals surface area contributed by atoms with Crippen molar-refractivity contribution in [1.29, 1.82) is 0 Å². The van der Waals surface area contributed by atoms with Gasteiger partial charge < -0.3 is 15.4 Å². The second-order valence-corrected chi connectivity index (χ2v) is 6.89. The Morgan fingerprint density at radius 2 is 2.00 bits per heavy atom. The van der Waals surface area contributed by atoms with Crippen LogP contribution in [0, 0.1) is 12.7 Å². The molecule has 0 saturated heterocycles. The van der Waals surface area contributed by atoms with Crippen LogP contribution in [0.25, 0.3) is 21.8 Å². The number of amides is 1. The van der Waals surface area contributed by atoms with E-state index in [1.165, 1.54) is 18.3 Å². The lowest BCUT2D eigenvalue weighted by Gasteiger charge is -2.16. The number of carbonyl (C=O) groups excluding carboxylic acids is 1. The average Bonchev–Trinajstić information content (AvgIpc) is 3.09. The molecule has 0 radical (unpaired) electrons. The normalized spacial score (nSPS) is 12.2. The fourth-order valence-corrected chi connectivity index (χ4v) is 3.49. The number of H-pyrrole nitrogens is 1. The molecule has 0 spiro atoms. The van der Waals surface area contributed by atoms with Crippen molar-refractivity contribution in [3.05, 3.63) is 77.4 Å². The number of nitrogens with zero attached hydrogens (tertiary/aromatic N) is 1. The molecule has 4 aromatic rings. The zero-order valence-corrected chi connectivity index (χ0v) is 15.6. The average molecular weight is 391 g/mol. The molecular weight excluding hydrogens is 373 g/mol. The Balaban J connectivity index is 1.60. The van der Waals surface area contributed by atoms with Crippen LogP contribution in [0.4, 0.5) is 4.39 Å². The second kappa shape index (κ2) is 7.35. The molecule has 0 saturated carbocycles. The van der Waals surface area contributed by atoms with Gasteiger partial charge in [-0.25, -0.2) is 9.18 Å². The summed E-state index contributed by atoms with van der Waals surface area (Å²) in [7, 11) is 0. The third-order valence-corrected chi connectivity index (χ3v) is 5.05. The molecule has 1 amide bonds. The first kappa shape index (κ1) is 18.6. The van der Waals surface area contributed by atoms with Crippen molar-refractivity contribution in [3.63, 3.8) is 0 Å². The molecule has 1 unspecified atom stereocenters. The predicted octanol–water partition coefficient (Wildman–Crippen LogP) is 3.59. The largest absolute Gasteiger partial charge is 0.480 e. The van der Waals surface area contributed by atoms with Crippen LogP contribution in [0.5, 0.6) is 0 Å². The van der Waals surface area contributed by atoms with Crippen molar-refractivity contribution < 1.29 is 19.1 Å². The lowest BCUT2D eigenvalue weighted by Crippen LogP contribution is -2.42. The number of hydrogen-bond acceptors (Lipinski definition) is 3. The maximum absolute atomic E-state index is 13.4. The van der Waals surface area contributed by atoms with Crippen molar-refractivity contribution in [3.8, 4) is 0 Å². The molecule has 0 aliphatic heterocycles. The van der Waals surface area contributed by atoms with Gasteiger partial charge in [-0.3, -0.25) is 9.78 Å². The summed E-state index contributed by atoms with van der Waals surface area (Å²) in [4.78, 5) is 31.8. The van der Waals surface area contributed by atoms with E-state index in [0.717, 1.165) is 21.9 Å². The Hall–Kier alpha value is -3.74. The van der Waals surface area contributed by atoms with Gasteiger partial charge in [-0.2, -0.15) is 0 Å². The molecule has 0 aliphatic carbocycles. The van der Waals surface area contributed by atoms with E-state index in [0.29, 0.717) is 16.6 Å². The minimum atomic E-state index is -1.15. The molecule has 4 rings (SSSR count). The van der Waals surface area contributed by atoms with Crippen LogP contribution >= 0.6 is 0 Å². The van der Waals surface area contributed by atoms with Crippen molar-refractivity contribution in [2.45, 2.75) is 19.4 Å². The minimum absolute atomic E-state index is 0.0623. The summed E-state index contributed by atoms with van der Waals surface area (Å²) < 4.78 is 13.4. The van der Waals surface area contributed by atoms with Crippen LogP contribution in [-0.4, -0.2) is 33.0 Å². The highest BCUT2D eigenvalue weighted by molar-refractivity contribution is 6.01. The molecule has 6 nitrogen and oxygen atoms in total. The van der Waals surface area contributed by atoms with E-state index in [2.05, 4.69) is 15.3 Å². The van der Waals surface area contributed by atoms with Gasteiger partial charge in [0.15, 0.2) is 0 Å². The zero-order chi connectivity index (χ0) is 20.5. The third-order valence-electron chi connectivity index (χ3n) is 5.05. The number of carbonyl (C=O) groups is 2. The second-order valence-electron chi connectivity index (χ2n) is 6.89. The van der Waals surface area contributed by atoms with E-state index < -0.39 is 17.9 Å². The molecule has 0 bridgehead atoms. The number of aromatic nitrogens is 2. The third kappa shape index (κ3) is 3.54. The minimum Gasteiger partial charge on any atom is -0.480 e. The van der Waals surface area contributed by atoms with Gasteiger partial charge in [0.2, 0.25) is 0 Å². The smallest absolute Gasteiger partial charge is 0.326 e. The van der Waals surface area contributed by atoms with Crippen molar-refractivity contribution >= 4 is 33.7 Å². The summed E-state index contributed by atoms with van der Waals surface area (Å²) in [5, 5.41) is 13.8. The van der Waals surface area contributed by atoms with Crippen LogP contribution in [0.3, 0.4) is 0 Å². The van der Waals surface area contributed by atoms with Gasteiger partial charge >= 0.3 is 5.97 Å². The van der Waals surface area contributed by atoms with Gasteiger partial charge in [0, 0.05) is 35.1 Å². The van der Waals surface area contributed by atoms with E-state index in [4.69, 9.17) is 0 Å². The molecule has 3 N–H and O–H groups in total. The predicted molar refractivity (Wildman–Crippen MR) is 107 cm³/mol. The van der Waals surface area contributed by atoms with Crippen molar-refractivity contribution in [1.82, 2.24) is 15.3 Å². The zero-order valence-electron chi connectivity index (χ0n) is 15.6. The van der Waals surface area contributed by atoms with Crippen molar-refractivity contribution in [2.24, 2.45) is 0 Å². The molecule has 0 aliphatic rings. The van der Waals surface area contributed by atoms with Gasteiger partial charge in [-0.15, -0.1) is 0 Å². The first-order valence-corrected chi connectivity index (χ1v) is 9.07. The summed E-state index contributed by atoms with van der Waals surface area (Å²) in [6.07, 6.45) is 3.15. The van der Waals surface area contributed by atoms with E-state index in [-0.39, 0.29) is 12.2 Å². The lowest BCUT2D eigenvalue weighted by atomic mass is 10.0. The molecule has 2 aromatic carbocycles. The summed E-state index contributed by atoms with van der Waals surface area (Å²) in [6, 6.07) is 10.6. The topological polar surface area (TPSA) is 95.1 Å². The fraction of sp³-hybridized carbons (Fsp3) is 0.136. The maximum atomic E-state index is 13.4. The number of carboxylic acid groups (broad SMARTS) is 1. The molecule has 0 fully saturated rings. The molecule has 146 valence electrons. The van der Waals surface area contributed by atoms with Crippen LogP contribution in [-0.2, 0) is 11.2 Å². The Labute approximate surface area is 165 Å². The Morgan fingerprint density at radius 3 is 2.79 bits per heavy atom. The van der Waals surface area contributed by atoms with E-state index in [1.807, 2.05) is 31.2 Å². The summed E-state index contributed by atoms with van der Waals surface area (Å²) in [5.74, 6) is -2.03. The van der Waals surface area contributed by atoms with Gasteiger partial charge in [0.1, 0.15) is 11.9 Å². The van der Waals surface area contributed by atoms with Crippen molar-refractivity contribution in [2.75, 3.05) is 0 Å². The van der Waals surface area contributed by atoms with E-state index in [1.54, 1.807) is 12.3 Å². The van der Waals surface area contributed by atoms with Crippen LogP contribution < -0.4 is 5.32 Å². The first-order chi connectivity index (χ1) is 13.9. The fourth-order valence-electron chi connectivity index (χ4n) is 3.49. The number of carboxylic acids is 1. The summed E-state index contributed by atoms with van der Waals surface area (Å²) >= 11 is 0. The Bertz CT molecular complexity index is 1250. The highest BCUT2D eigenvalue weighted by Gasteiger charge is 2.24. The number of halogens is 1. The number of aliphatic carboxylic acids is 1. The number of aryl methyl sites for hydroxylation is 1. The van der Waals surface area contributed by atoms with Gasteiger partial charge in [-0.05, 0) is 42.3 Å². The van der Waals surface area contributed by atoms with Gasteiger partial charge in [-0.1, -0.05) is 18.2 Å².